The third-order valence-electron chi connectivity index (χ3n) is 12.6. The normalized spacial score (nSPS) is 41.5. The van der Waals surface area contributed by atoms with Crippen LogP contribution in [0.5, 0.6) is 0 Å². The third kappa shape index (κ3) is 10.8. The van der Waals surface area contributed by atoms with Crippen molar-refractivity contribution in [3.8, 4) is 0 Å². The van der Waals surface area contributed by atoms with Gasteiger partial charge in [-0.2, -0.15) is 0 Å². The van der Waals surface area contributed by atoms with E-state index in [2.05, 4.69) is 6.58 Å². The molecular weight excluding hydrogens is 722 g/mol. The lowest BCUT2D eigenvalue weighted by molar-refractivity contribution is -0.225. The molecule has 3 aliphatic heterocycles. The second-order valence-corrected chi connectivity index (χ2v) is 17.1. The number of methoxy groups -OCH3 is 2. The summed E-state index contributed by atoms with van der Waals surface area (Å²) < 4.78 is 23.3. The number of carbonyl (C=O) groups excluding carboxylic acids is 4. The summed E-state index contributed by atoms with van der Waals surface area (Å²) in [4.78, 5) is 57.1. The molecule has 1 aliphatic carbocycles. The Morgan fingerprint density at radius 1 is 0.964 bits per heavy atom. The van der Waals surface area contributed by atoms with Gasteiger partial charge in [0.15, 0.2) is 0 Å². The lowest BCUT2D eigenvalue weighted by Gasteiger charge is -2.38. The molecule has 3 fully saturated rings. The second-order valence-electron chi connectivity index (χ2n) is 17.1. The van der Waals surface area contributed by atoms with Crippen molar-refractivity contribution in [2.24, 2.45) is 29.6 Å². The maximum absolute atomic E-state index is 14.2. The number of fused-ring (bicyclic) bond motifs is 3. The monoisotopic (exact) mass is 789 g/mol. The first kappa shape index (κ1) is 45.9. The van der Waals surface area contributed by atoms with Crippen molar-refractivity contribution in [3.05, 3.63) is 36.0 Å². The first-order valence-corrected chi connectivity index (χ1v) is 20.5. The van der Waals surface area contributed by atoms with Crippen LogP contribution in [0.25, 0.3) is 0 Å². The number of nitrogens with zero attached hydrogens (tertiary/aromatic N) is 1. The highest BCUT2D eigenvalue weighted by Gasteiger charge is 2.57. The molecule has 4 N–H and O–H groups in total. The maximum Gasteiger partial charge on any atom is 0.329 e. The molecule has 2 bridgehead atoms. The first-order valence-electron chi connectivity index (χ1n) is 20.5. The minimum Gasteiger partial charge on any atom is -0.456 e. The number of aliphatic hydroxyl groups excluding tert-OH is 3. The lowest BCUT2D eigenvalue weighted by Crippen LogP contribution is -2.57. The van der Waals surface area contributed by atoms with Gasteiger partial charge in [0.05, 0.1) is 30.5 Å². The number of amides is 1. The number of esters is 1. The van der Waals surface area contributed by atoms with Crippen molar-refractivity contribution in [2.45, 2.75) is 160 Å². The van der Waals surface area contributed by atoms with Gasteiger partial charge in [-0.3, -0.25) is 14.4 Å². The standard InChI is InChI=1S/C43H67NO12/c1-9-12-30-18-24(2)17-25(3)19-36(54-8)38(48)37-21-27(5)43(52,56-37)40(49)41(50)44-16-11-10-13-31(44)42(51)55-39(28(6)33(46)23-34(30)47)26(4)20-29-14-15-32(45)35(22-29)53-7/h9,18,20,25,27-33,35-39,45-46,48,52H,1,10-17,19,21-23H2,2-8H3/b24-18+,26-20?/t25?,27-,28?,29+,30?,31+,32-,33?,35-,36?,37?,38?,39-,43-/m1/s1. The summed E-state index contributed by atoms with van der Waals surface area (Å²) in [6.07, 6.45) is 3.66. The van der Waals surface area contributed by atoms with E-state index in [0.29, 0.717) is 56.9 Å². The molecule has 2 saturated heterocycles. The Labute approximate surface area is 332 Å². The van der Waals surface area contributed by atoms with Crippen molar-refractivity contribution in [1.82, 2.24) is 4.90 Å². The van der Waals surface area contributed by atoms with E-state index in [1.807, 2.05) is 26.0 Å². The number of hydrogen-bond donors (Lipinski definition) is 4. The van der Waals surface area contributed by atoms with Crippen LogP contribution in [0.1, 0.15) is 105 Å². The van der Waals surface area contributed by atoms with Crippen molar-refractivity contribution in [3.63, 3.8) is 0 Å². The van der Waals surface area contributed by atoms with Crippen LogP contribution < -0.4 is 0 Å². The Kier molecular flexibility index (Phi) is 16.6. The lowest BCUT2D eigenvalue weighted by atomic mass is 9.81. The molecule has 7 unspecified atom stereocenters. The fourth-order valence-electron chi connectivity index (χ4n) is 9.20. The van der Waals surface area contributed by atoms with Gasteiger partial charge in [-0.1, -0.05) is 44.6 Å². The molecule has 3 heterocycles. The zero-order chi connectivity index (χ0) is 41.5. The van der Waals surface area contributed by atoms with Crippen molar-refractivity contribution >= 4 is 23.4 Å². The van der Waals surface area contributed by atoms with Gasteiger partial charge in [0.1, 0.15) is 24.0 Å². The largest absolute Gasteiger partial charge is 0.456 e. The smallest absolute Gasteiger partial charge is 0.329 e. The summed E-state index contributed by atoms with van der Waals surface area (Å²) in [5, 5.41) is 45.1. The number of rotatable bonds is 6. The summed E-state index contributed by atoms with van der Waals surface area (Å²) in [6.45, 7) is 12.9. The van der Waals surface area contributed by atoms with Gasteiger partial charge < -0.3 is 44.3 Å². The topological polar surface area (TPSA) is 189 Å². The first-order chi connectivity index (χ1) is 26.4. The van der Waals surface area contributed by atoms with E-state index in [-0.39, 0.29) is 49.5 Å². The van der Waals surface area contributed by atoms with Gasteiger partial charge in [0, 0.05) is 44.9 Å². The van der Waals surface area contributed by atoms with Gasteiger partial charge in [0.25, 0.3) is 11.7 Å². The number of allylic oxidation sites excluding steroid dienone is 4. The van der Waals surface area contributed by atoms with Crippen LogP contribution in [0.15, 0.2) is 36.0 Å². The molecule has 316 valence electrons. The molecule has 1 amide bonds. The average Bonchev–Trinajstić information content (AvgIpc) is 3.48. The van der Waals surface area contributed by atoms with E-state index in [1.165, 1.54) is 7.11 Å². The average molecular weight is 790 g/mol. The number of piperidine rings is 1. The molecule has 0 aromatic carbocycles. The summed E-state index contributed by atoms with van der Waals surface area (Å²) in [7, 11) is 3.02. The second kappa shape index (κ2) is 20.3. The Hall–Kier alpha value is -2.78. The predicted octanol–water partition coefficient (Wildman–Crippen LogP) is 3.98. The fraction of sp³-hybridized carbons (Fsp3) is 0.767. The zero-order valence-electron chi connectivity index (χ0n) is 34.4. The summed E-state index contributed by atoms with van der Waals surface area (Å²) in [5.74, 6) is -7.99. The van der Waals surface area contributed by atoms with Crippen molar-refractivity contribution < 1.29 is 58.6 Å². The minimum absolute atomic E-state index is 0.0115. The molecule has 13 nitrogen and oxygen atoms in total. The molecule has 1 saturated carbocycles. The Bertz CT molecular complexity index is 1460. The molecule has 14 atom stereocenters. The number of ketones is 2. The Morgan fingerprint density at radius 3 is 2.32 bits per heavy atom. The number of aliphatic hydroxyl groups is 4. The number of hydrogen-bond acceptors (Lipinski definition) is 12. The third-order valence-corrected chi connectivity index (χ3v) is 12.6. The molecule has 56 heavy (non-hydrogen) atoms. The zero-order valence-corrected chi connectivity index (χ0v) is 34.4. The summed E-state index contributed by atoms with van der Waals surface area (Å²) in [5.41, 5.74) is 1.58. The van der Waals surface area contributed by atoms with E-state index in [0.717, 1.165) is 10.5 Å². The SMILES string of the molecule is C=CCC1/C=C(\C)CC(C)CC(OC)C(O)C2C[C@@H](C)[C@@](O)(O2)C(=O)C(=O)N2CCCC[C@H]2C(=O)O[C@H](C(C)=C[C@@H]2CC[C@@H](O)[C@H](OC)C2)C(C)C(O)CC1=O. The predicted molar refractivity (Wildman–Crippen MR) is 208 cm³/mol. The van der Waals surface area contributed by atoms with Gasteiger partial charge in [-0.15, -0.1) is 6.58 Å². The number of Topliss-reactive ketones (excluding diaryl/α,β-unsaturated/α-hetero) is 2. The molecule has 4 rings (SSSR count). The van der Waals surface area contributed by atoms with Gasteiger partial charge in [-0.25, -0.2) is 4.79 Å². The highest BCUT2D eigenvalue weighted by Crippen LogP contribution is 2.39. The fourth-order valence-corrected chi connectivity index (χ4v) is 9.20. The van der Waals surface area contributed by atoms with Crippen LogP contribution in [0.3, 0.4) is 0 Å². The molecule has 4 aliphatic rings. The number of cyclic esters (lactones) is 1. The molecule has 0 spiro atoms. The Balaban J connectivity index is 1.74. The van der Waals surface area contributed by atoms with E-state index in [9.17, 15) is 39.6 Å². The van der Waals surface area contributed by atoms with Crippen LogP contribution in [-0.2, 0) is 38.1 Å². The highest BCUT2D eigenvalue weighted by atomic mass is 16.7. The van der Waals surface area contributed by atoms with Gasteiger partial charge in [-0.05, 0) is 95.5 Å². The maximum atomic E-state index is 14.2. The molecule has 0 aromatic heterocycles. The molecule has 0 radical (unpaired) electrons. The highest BCUT2D eigenvalue weighted by molar-refractivity contribution is 6.39. The van der Waals surface area contributed by atoms with Crippen LogP contribution in [0, 0.1) is 29.6 Å². The van der Waals surface area contributed by atoms with Crippen LogP contribution in [-0.4, -0.2) is 124 Å². The summed E-state index contributed by atoms with van der Waals surface area (Å²) in [6, 6.07) is -1.16. The van der Waals surface area contributed by atoms with Crippen molar-refractivity contribution in [2.75, 3.05) is 20.8 Å². The minimum atomic E-state index is -2.53. The van der Waals surface area contributed by atoms with Crippen LogP contribution in [0.4, 0.5) is 0 Å². The van der Waals surface area contributed by atoms with Crippen LogP contribution in [0.2, 0.25) is 0 Å². The van der Waals surface area contributed by atoms with Gasteiger partial charge >= 0.3 is 5.97 Å². The quantitative estimate of drug-likeness (QED) is 0.172. The summed E-state index contributed by atoms with van der Waals surface area (Å²) >= 11 is 0. The van der Waals surface area contributed by atoms with Gasteiger partial charge in [0.2, 0.25) is 5.79 Å². The molecule has 13 heteroatoms. The molecular formula is C43H67NO12. The molecule has 0 aromatic rings. The number of ether oxygens (including phenoxy) is 4. The van der Waals surface area contributed by atoms with Crippen molar-refractivity contribution in [1.29, 1.82) is 0 Å². The van der Waals surface area contributed by atoms with E-state index in [1.54, 1.807) is 34.0 Å². The van der Waals surface area contributed by atoms with E-state index >= 15 is 0 Å². The van der Waals surface area contributed by atoms with E-state index in [4.69, 9.17) is 18.9 Å². The Morgan fingerprint density at radius 2 is 1.66 bits per heavy atom. The van der Waals surface area contributed by atoms with E-state index < -0.39 is 83.9 Å². The number of carbonyl (C=O) groups is 4. The van der Waals surface area contributed by atoms with Crippen LogP contribution >= 0.6 is 0 Å².